The minimum Gasteiger partial charge on any atom is -0.379 e. The van der Waals surface area contributed by atoms with Gasteiger partial charge in [-0.15, -0.1) is 0 Å². The van der Waals surface area contributed by atoms with Crippen molar-refractivity contribution in [2.45, 2.75) is 52.0 Å². The van der Waals surface area contributed by atoms with Crippen LogP contribution in [0.25, 0.3) is 0 Å². The van der Waals surface area contributed by atoms with E-state index < -0.39 is 0 Å². The Kier molecular flexibility index (Phi) is 6.30. The highest BCUT2D eigenvalue weighted by Crippen LogP contribution is 2.29. The molecule has 1 aliphatic carbocycles. The summed E-state index contributed by atoms with van der Waals surface area (Å²) in [4.78, 5) is 12.2. The normalized spacial score (nSPS) is 34.1. The smallest absolute Gasteiger partial charge is 0.227 e. The first-order valence-corrected chi connectivity index (χ1v) is 8.29. The molecule has 2 aliphatic rings. The van der Waals surface area contributed by atoms with Crippen molar-refractivity contribution < 1.29 is 9.53 Å². The number of hydrogen-bond acceptors (Lipinski definition) is 3. The van der Waals surface area contributed by atoms with E-state index in [4.69, 9.17) is 4.74 Å². The maximum absolute atomic E-state index is 12.2. The summed E-state index contributed by atoms with van der Waals surface area (Å²) in [5, 5.41) is 6.45. The number of carbonyl (C=O) groups excluding carboxylic acids is 1. The van der Waals surface area contributed by atoms with Crippen LogP contribution in [0.2, 0.25) is 0 Å². The predicted octanol–water partition coefficient (Wildman–Crippen LogP) is 1.94. The first-order valence-electron chi connectivity index (χ1n) is 8.29. The van der Waals surface area contributed by atoms with Crippen molar-refractivity contribution >= 4 is 5.91 Å². The van der Waals surface area contributed by atoms with Gasteiger partial charge in [0.2, 0.25) is 5.91 Å². The van der Waals surface area contributed by atoms with Gasteiger partial charge >= 0.3 is 0 Å². The maximum Gasteiger partial charge on any atom is 0.227 e. The van der Waals surface area contributed by atoms with Crippen LogP contribution >= 0.6 is 0 Å². The monoisotopic (exact) mass is 282 g/mol. The van der Waals surface area contributed by atoms with Crippen LogP contribution in [0.1, 0.15) is 46.0 Å². The molecule has 2 rings (SSSR count). The van der Waals surface area contributed by atoms with E-state index in [9.17, 15) is 4.79 Å². The lowest BCUT2D eigenvalue weighted by Gasteiger charge is -2.26. The van der Waals surface area contributed by atoms with Crippen molar-refractivity contribution in [2.75, 3.05) is 26.3 Å². The third-order valence-electron chi connectivity index (χ3n) is 4.87. The van der Waals surface area contributed by atoms with E-state index in [0.717, 1.165) is 31.3 Å². The number of rotatable bonds is 6. The Bertz CT molecular complexity index is 301. The van der Waals surface area contributed by atoms with Gasteiger partial charge in [0, 0.05) is 12.6 Å². The molecule has 2 N–H and O–H groups in total. The fourth-order valence-corrected chi connectivity index (χ4v) is 3.42. The Morgan fingerprint density at radius 1 is 1.20 bits per heavy atom. The highest BCUT2D eigenvalue weighted by Gasteiger charge is 2.33. The molecular weight excluding hydrogens is 252 g/mol. The fraction of sp³-hybridized carbons (Fsp3) is 0.938. The number of nitrogens with one attached hydrogen (secondary N) is 2. The molecule has 4 nitrogen and oxygen atoms in total. The van der Waals surface area contributed by atoms with Crippen LogP contribution in [-0.2, 0) is 9.53 Å². The Labute approximate surface area is 123 Å². The molecule has 0 aromatic rings. The average molecular weight is 282 g/mol. The van der Waals surface area contributed by atoms with Crippen LogP contribution in [0.3, 0.4) is 0 Å². The van der Waals surface area contributed by atoms with Crippen molar-refractivity contribution in [3.63, 3.8) is 0 Å². The minimum atomic E-state index is -0.0127. The highest BCUT2D eigenvalue weighted by atomic mass is 16.5. The second kappa shape index (κ2) is 7.99. The standard InChI is InChI=1S/C16H30N2O2/c1-3-17-15-11-20-10-14(15)16(19)18-9-8-13-6-4-12(2)5-7-13/h12-15,17H,3-11H2,1-2H3,(H,18,19). The molecule has 0 bridgehead atoms. The van der Waals surface area contributed by atoms with E-state index in [2.05, 4.69) is 24.5 Å². The van der Waals surface area contributed by atoms with E-state index in [-0.39, 0.29) is 17.9 Å². The summed E-state index contributed by atoms with van der Waals surface area (Å²) in [7, 11) is 0. The fourth-order valence-electron chi connectivity index (χ4n) is 3.42. The summed E-state index contributed by atoms with van der Waals surface area (Å²) in [6.45, 7) is 7.35. The van der Waals surface area contributed by atoms with Crippen LogP contribution in [0.15, 0.2) is 0 Å². The van der Waals surface area contributed by atoms with Gasteiger partial charge in [-0.1, -0.05) is 39.5 Å². The Morgan fingerprint density at radius 3 is 2.65 bits per heavy atom. The second-order valence-corrected chi connectivity index (χ2v) is 6.51. The lowest BCUT2D eigenvalue weighted by atomic mass is 9.81. The molecule has 1 saturated carbocycles. The zero-order valence-electron chi connectivity index (χ0n) is 13.0. The molecule has 116 valence electrons. The molecule has 0 aromatic carbocycles. The molecule has 0 spiro atoms. The van der Waals surface area contributed by atoms with E-state index in [1.54, 1.807) is 0 Å². The minimum absolute atomic E-state index is 0.0127. The molecule has 2 unspecified atom stereocenters. The van der Waals surface area contributed by atoms with Crippen molar-refractivity contribution in [2.24, 2.45) is 17.8 Å². The van der Waals surface area contributed by atoms with E-state index in [1.165, 1.54) is 25.7 Å². The molecule has 1 amide bonds. The molecule has 4 heteroatoms. The van der Waals surface area contributed by atoms with Gasteiger partial charge in [-0.05, 0) is 24.8 Å². The first-order chi connectivity index (χ1) is 9.70. The van der Waals surface area contributed by atoms with Crippen LogP contribution in [-0.4, -0.2) is 38.3 Å². The molecule has 2 fully saturated rings. The summed E-state index contributed by atoms with van der Waals surface area (Å²) < 4.78 is 5.43. The summed E-state index contributed by atoms with van der Waals surface area (Å²) in [5.74, 6) is 1.87. The largest absolute Gasteiger partial charge is 0.379 e. The Morgan fingerprint density at radius 2 is 1.95 bits per heavy atom. The Hall–Kier alpha value is -0.610. The number of likely N-dealkylation sites (N-methyl/N-ethyl adjacent to an activating group) is 1. The second-order valence-electron chi connectivity index (χ2n) is 6.51. The molecule has 1 heterocycles. The summed E-state index contributed by atoms with van der Waals surface area (Å²) in [6, 6.07) is 0.190. The van der Waals surface area contributed by atoms with E-state index in [1.807, 2.05) is 0 Å². The van der Waals surface area contributed by atoms with Gasteiger partial charge < -0.3 is 15.4 Å². The van der Waals surface area contributed by atoms with Gasteiger partial charge in [0.1, 0.15) is 0 Å². The number of carbonyl (C=O) groups is 1. The summed E-state index contributed by atoms with van der Waals surface area (Å²) in [6.07, 6.45) is 6.53. The maximum atomic E-state index is 12.2. The zero-order valence-corrected chi connectivity index (χ0v) is 13.0. The third-order valence-corrected chi connectivity index (χ3v) is 4.87. The summed E-state index contributed by atoms with van der Waals surface area (Å²) in [5.41, 5.74) is 0. The molecule has 0 aromatic heterocycles. The van der Waals surface area contributed by atoms with Gasteiger partial charge in [-0.2, -0.15) is 0 Å². The molecule has 2 atom stereocenters. The van der Waals surface area contributed by atoms with Crippen molar-refractivity contribution in [3.05, 3.63) is 0 Å². The van der Waals surface area contributed by atoms with Crippen LogP contribution in [0.4, 0.5) is 0 Å². The SMILES string of the molecule is CCNC1COCC1C(=O)NCCC1CCC(C)CC1. The van der Waals surface area contributed by atoms with Crippen LogP contribution in [0.5, 0.6) is 0 Å². The van der Waals surface area contributed by atoms with Gasteiger partial charge in [0.15, 0.2) is 0 Å². The van der Waals surface area contributed by atoms with Crippen molar-refractivity contribution in [1.82, 2.24) is 10.6 Å². The highest BCUT2D eigenvalue weighted by molar-refractivity contribution is 5.79. The summed E-state index contributed by atoms with van der Waals surface area (Å²) >= 11 is 0. The van der Waals surface area contributed by atoms with Crippen molar-refractivity contribution in [3.8, 4) is 0 Å². The van der Waals surface area contributed by atoms with Gasteiger partial charge in [-0.25, -0.2) is 0 Å². The first kappa shape index (κ1) is 15.8. The molecule has 1 saturated heterocycles. The topological polar surface area (TPSA) is 50.4 Å². The van der Waals surface area contributed by atoms with Gasteiger partial charge in [-0.3, -0.25) is 4.79 Å². The number of hydrogen-bond donors (Lipinski definition) is 2. The lowest BCUT2D eigenvalue weighted by Crippen LogP contribution is -2.44. The zero-order chi connectivity index (χ0) is 14.4. The third kappa shape index (κ3) is 4.45. The molecule has 20 heavy (non-hydrogen) atoms. The van der Waals surface area contributed by atoms with Crippen LogP contribution < -0.4 is 10.6 Å². The Balaban J connectivity index is 1.64. The average Bonchev–Trinajstić information content (AvgIpc) is 2.90. The predicted molar refractivity (Wildman–Crippen MR) is 80.5 cm³/mol. The lowest BCUT2D eigenvalue weighted by molar-refractivity contribution is -0.125. The van der Waals surface area contributed by atoms with E-state index in [0.29, 0.717) is 13.2 Å². The van der Waals surface area contributed by atoms with E-state index >= 15 is 0 Å². The number of ether oxygens (including phenoxy) is 1. The van der Waals surface area contributed by atoms with Crippen LogP contribution in [0, 0.1) is 17.8 Å². The molecule has 0 radical (unpaired) electrons. The van der Waals surface area contributed by atoms with Gasteiger partial charge in [0.25, 0.3) is 0 Å². The molecular formula is C16H30N2O2. The quantitative estimate of drug-likeness (QED) is 0.783. The molecule has 1 aliphatic heterocycles. The van der Waals surface area contributed by atoms with Gasteiger partial charge in [0.05, 0.1) is 19.1 Å². The van der Waals surface area contributed by atoms with Crippen molar-refractivity contribution in [1.29, 1.82) is 0 Å². The number of amides is 1.